The van der Waals surface area contributed by atoms with Crippen LogP contribution in [0.15, 0.2) is 133 Å². The molecule has 5 aromatic rings. The van der Waals surface area contributed by atoms with E-state index < -0.39 is 14.8 Å². The van der Waals surface area contributed by atoms with Gasteiger partial charge in [0.05, 0.1) is 0 Å². The topological polar surface area (TPSA) is 0 Å². The second-order valence-electron chi connectivity index (χ2n) is 11.7. The van der Waals surface area contributed by atoms with Gasteiger partial charge in [-0.25, -0.2) is 0 Å². The summed E-state index contributed by atoms with van der Waals surface area (Å²) in [7, 11) is 0. The fraction of sp³-hybridized carbons (Fsp3) is 0.108. The van der Waals surface area contributed by atoms with Crippen molar-refractivity contribution in [1.29, 1.82) is 0 Å². The Morgan fingerprint density at radius 3 is 1.95 bits per heavy atom. The van der Waals surface area contributed by atoms with E-state index in [9.17, 15) is 0 Å². The van der Waals surface area contributed by atoms with Gasteiger partial charge >= 0.3 is 228 Å². The predicted octanol–water partition coefficient (Wildman–Crippen LogP) is 8.71. The van der Waals surface area contributed by atoms with Gasteiger partial charge in [-0.15, -0.1) is 0 Å². The zero-order valence-corrected chi connectivity index (χ0v) is 23.6. The third kappa shape index (κ3) is 3.37. The maximum atomic E-state index is 2.70. The van der Waals surface area contributed by atoms with Crippen LogP contribution >= 0.6 is 0 Å². The van der Waals surface area contributed by atoms with Gasteiger partial charge in [0.1, 0.15) is 0 Å². The van der Waals surface area contributed by atoms with Crippen molar-refractivity contribution in [2.45, 2.75) is 21.1 Å². The maximum absolute atomic E-state index is 3.95. The summed E-state index contributed by atoms with van der Waals surface area (Å²) in [6.45, 7) is 0. The minimum absolute atomic E-state index is 0.355. The normalized spacial score (nSPS) is 15.6. The molecule has 0 fully saturated rings. The van der Waals surface area contributed by atoms with Crippen molar-refractivity contribution >= 4 is 13.8 Å². The summed E-state index contributed by atoms with van der Waals surface area (Å²) in [5.74, 6) is 0. The van der Waals surface area contributed by atoms with Crippen LogP contribution in [0.4, 0.5) is 0 Å². The van der Waals surface area contributed by atoms with Gasteiger partial charge in [0.15, 0.2) is 0 Å². The first-order chi connectivity index (χ1) is 18.6. The first-order valence-corrected chi connectivity index (χ1v) is 19.3. The molecule has 7 rings (SSSR count). The van der Waals surface area contributed by atoms with E-state index in [0.29, 0.717) is 4.22 Å². The van der Waals surface area contributed by atoms with Crippen molar-refractivity contribution in [3.05, 3.63) is 167 Å². The van der Waals surface area contributed by atoms with Crippen LogP contribution in [0.2, 0.25) is 10.5 Å². The van der Waals surface area contributed by atoms with Crippen LogP contribution in [0.3, 0.4) is 0 Å². The summed E-state index contributed by atoms with van der Waals surface area (Å²) in [6, 6.07) is 47.6. The molecule has 0 saturated heterocycles. The van der Waals surface area contributed by atoms with Crippen molar-refractivity contribution in [2.24, 2.45) is 0 Å². The molecule has 38 heavy (non-hydrogen) atoms. The summed E-state index contributed by atoms with van der Waals surface area (Å²) < 4.78 is 3.51. The average Bonchev–Trinajstić information content (AvgIpc) is 3.57. The average molecular weight is 525 g/mol. The quantitative estimate of drug-likeness (QED) is 0.202. The minimum atomic E-state index is -3.95. The van der Waals surface area contributed by atoms with Crippen LogP contribution in [0.1, 0.15) is 37.6 Å². The summed E-state index contributed by atoms with van der Waals surface area (Å²) >= 11 is -3.95. The Morgan fingerprint density at radius 2 is 1.21 bits per heavy atom. The Bertz CT molecular complexity index is 1740. The molecule has 184 valence electrons. The first-order valence-electron chi connectivity index (χ1n) is 13.7. The molecule has 0 N–H and O–H groups in total. The predicted molar refractivity (Wildman–Crippen MR) is 160 cm³/mol. The van der Waals surface area contributed by atoms with Gasteiger partial charge in [-0.1, -0.05) is 0 Å². The van der Waals surface area contributed by atoms with E-state index in [2.05, 4.69) is 150 Å². The van der Waals surface area contributed by atoms with E-state index >= 15 is 0 Å². The summed E-state index contributed by atoms with van der Waals surface area (Å²) in [6.07, 6.45) is 5.92. The van der Waals surface area contributed by atoms with Gasteiger partial charge in [0, 0.05) is 0 Å². The Morgan fingerprint density at radius 1 is 0.605 bits per heavy atom. The van der Waals surface area contributed by atoms with E-state index in [1.54, 1.807) is 7.68 Å². The molecule has 0 bridgehead atoms. The molecule has 0 aromatic heterocycles. The zero-order valence-electron chi connectivity index (χ0n) is 22.1. The molecular weight excluding hydrogens is 492 g/mol. The van der Waals surface area contributed by atoms with Gasteiger partial charge in [0.2, 0.25) is 0 Å². The summed E-state index contributed by atoms with van der Waals surface area (Å²) in [4.78, 5) is 0. The van der Waals surface area contributed by atoms with E-state index in [4.69, 9.17) is 0 Å². The number of hydrogen-bond acceptors (Lipinski definition) is 0. The Labute approximate surface area is 226 Å². The van der Waals surface area contributed by atoms with Crippen molar-refractivity contribution < 1.29 is 14.8 Å². The molecule has 0 heterocycles. The zero-order chi connectivity index (χ0) is 25.8. The van der Waals surface area contributed by atoms with Crippen molar-refractivity contribution in [3.63, 3.8) is 0 Å². The van der Waals surface area contributed by atoms with E-state index in [1.807, 2.05) is 0 Å². The van der Waals surface area contributed by atoms with Gasteiger partial charge in [-0.2, -0.15) is 0 Å². The second-order valence-corrected chi connectivity index (χ2v) is 22.1. The van der Waals surface area contributed by atoms with E-state index in [1.165, 1.54) is 44.5 Å². The van der Waals surface area contributed by atoms with Gasteiger partial charge in [0.25, 0.3) is 0 Å². The van der Waals surface area contributed by atoms with Crippen LogP contribution in [0, 0.1) is 0 Å². The third-order valence-electron chi connectivity index (χ3n) is 9.31. The van der Waals surface area contributed by atoms with Crippen LogP contribution in [-0.4, -0.2) is 3.81 Å². The summed E-state index contributed by atoms with van der Waals surface area (Å²) in [5.41, 5.74) is 11.4. The van der Waals surface area contributed by atoms with Gasteiger partial charge in [-0.05, 0) is 0 Å². The molecule has 1 atom stereocenters. The molecule has 0 spiro atoms. The molecule has 0 nitrogen and oxygen atoms in total. The number of hydrogen-bond donors (Lipinski definition) is 0. The van der Waals surface area contributed by atoms with Crippen LogP contribution in [0.5, 0.6) is 0 Å². The van der Waals surface area contributed by atoms with Crippen molar-refractivity contribution in [3.8, 4) is 11.1 Å². The molecule has 1 unspecified atom stereocenters. The third-order valence-corrected chi connectivity index (χ3v) is 19.6. The van der Waals surface area contributed by atoms with Gasteiger partial charge in [-0.3, -0.25) is 0 Å². The number of fused-ring (bicyclic) bond motifs is 4. The Hall–Kier alpha value is -3.58. The molecule has 5 aromatic carbocycles. The Balaban J connectivity index is 1.67. The molecule has 1 heteroatoms. The SMILES string of the molecule is [CH3][Ti]([CH3])(=[C](c1ccccc1)c1ccccc1)([c]1cccc2c1Cc1ccccc1-2)[CH]1C=Cc2ccccc21. The molecule has 2 aliphatic carbocycles. The first kappa shape index (κ1) is 23.5. The molecule has 0 amide bonds. The van der Waals surface area contributed by atoms with Crippen LogP contribution in [0.25, 0.3) is 17.2 Å². The van der Waals surface area contributed by atoms with Crippen LogP contribution < -0.4 is 3.87 Å². The fourth-order valence-electron chi connectivity index (χ4n) is 7.61. The Kier molecular flexibility index (Phi) is 5.41. The monoisotopic (exact) mass is 524 g/mol. The van der Waals surface area contributed by atoms with E-state index in [0.717, 1.165) is 6.42 Å². The van der Waals surface area contributed by atoms with Crippen molar-refractivity contribution in [1.82, 2.24) is 0 Å². The molecule has 2 aliphatic rings. The second kappa shape index (κ2) is 8.74. The number of benzene rings is 5. The molecule has 0 saturated carbocycles. The molecule has 0 radical (unpaired) electrons. The van der Waals surface area contributed by atoms with E-state index in [-0.39, 0.29) is 0 Å². The van der Waals surface area contributed by atoms with Crippen LogP contribution in [-0.2, 0) is 21.3 Å². The standard InChI is InChI=1S/C13H9.C13H10.C9H7.2CH3.Ti/c1-3-7-12-10(5-1)9-11-6-2-4-8-13(11)12;1-3-7-12(8-4-1)11-13-9-5-2-6-10-13;1-2-5-9-7-3-6-8(9)4-1;;;/h1-5,7-8H,9H2;1-10H;1-7H;2*1H3;. The van der Waals surface area contributed by atoms with Crippen molar-refractivity contribution in [2.75, 3.05) is 0 Å². The fourth-order valence-corrected chi connectivity index (χ4v) is 18.0. The number of rotatable bonds is 4. The summed E-state index contributed by atoms with van der Waals surface area (Å²) in [5, 5.41) is 5.39. The van der Waals surface area contributed by atoms with Gasteiger partial charge < -0.3 is 0 Å². The number of allylic oxidation sites excluding steroid dienone is 1. The molecular formula is C37H32Ti. The molecule has 0 aliphatic heterocycles.